The molecule has 0 N–H and O–H groups in total. The number of carbonyl (C=O) groups excluding carboxylic acids is 1. The molecule has 0 aliphatic heterocycles. The van der Waals surface area contributed by atoms with Gasteiger partial charge < -0.3 is 14.2 Å². The van der Waals surface area contributed by atoms with Crippen LogP contribution in [0.3, 0.4) is 0 Å². The zero-order valence-electron chi connectivity index (χ0n) is 13.3. The lowest BCUT2D eigenvalue weighted by Gasteiger charge is -2.11. The zero-order valence-corrected chi connectivity index (χ0v) is 14.1. The average molecular weight is 320 g/mol. The van der Waals surface area contributed by atoms with Gasteiger partial charge in [0.2, 0.25) is 0 Å². The fourth-order valence-electron chi connectivity index (χ4n) is 2.20. The topological polar surface area (TPSA) is 44.8 Å². The lowest BCUT2D eigenvalue weighted by atomic mass is 10.0. The van der Waals surface area contributed by atoms with Crippen LogP contribution >= 0.6 is 11.3 Å². The monoisotopic (exact) mass is 320 g/mol. The summed E-state index contributed by atoms with van der Waals surface area (Å²) in [6.07, 6.45) is 0.383. The van der Waals surface area contributed by atoms with Crippen LogP contribution in [-0.4, -0.2) is 27.1 Å². The first-order valence-electron chi connectivity index (χ1n) is 6.91. The molecule has 118 valence electrons. The van der Waals surface area contributed by atoms with Crippen molar-refractivity contribution in [3.05, 3.63) is 35.4 Å². The van der Waals surface area contributed by atoms with Gasteiger partial charge in [-0.2, -0.15) is 0 Å². The van der Waals surface area contributed by atoms with Crippen LogP contribution in [0.1, 0.15) is 23.0 Å². The molecular formula is C17H20O4S. The van der Waals surface area contributed by atoms with Gasteiger partial charge in [0.1, 0.15) is 0 Å². The molecular weight excluding hydrogens is 300 g/mol. The third kappa shape index (κ3) is 3.25. The highest BCUT2D eigenvalue weighted by Gasteiger charge is 2.17. The van der Waals surface area contributed by atoms with Gasteiger partial charge in [0.25, 0.3) is 0 Å². The zero-order chi connectivity index (χ0) is 16.3. The van der Waals surface area contributed by atoms with Gasteiger partial charge >= 0.3 is 0 Å². The molecule has 0 aliphatic rings. The number of ketones is 1. The van der Waals surface area contributed by atoms with Crippen LogP contribution in [0, 0.1) is 5.92 Å². The Labute approximate surface area is 134 Å². The van der Waals surface area contributed by atoms with Crippen LogP contribution in [-0.2, 0) is 4.74 Å². The minimum Gasteiger partial charge on any atom is -0.501 e. The van der Waals surface area contributed by atoms with Crippen molar-refractivity contribution >= 4 is 27.2 Å². The summed E-state index contributed by atoms with van der Waals surface area (Å²) in [5.41, 5.74) is 0. The van der Waals surface area contributed by atoms with Gasteiger partial charge in [0, 0.05) is 23.1 Å². The van der Waals surface area contributed by atoms with Crippen LogP contribution in [0.2, 0.25) is 0 Å². The number of ether oxygens (including phenoxy) is 3. The molecule has 1 aromatic heterocycles. The Morgan fingerprint density at radius 2 is 1.82 bits per heavy atom. The van der Waals surface area contributed by atoms with Crippen LogP contribution in [0.5, 0.6) is 11.5 Å². The van der Waals surface area contributed by atoms with Crippen LogP contribution in [0.15, 0.2) is 30.5 Å². The van der Waals surface area contributed by atoms with Crippen LogP contribution in [0.25, 0.3) is 10.1 Å². The van der Waals surface area contributed by atoms with Gasteiger partial charge in [0.15, 0.2) is 17.3 Å². The standard InChI is InChI=1S/C17H20O4S/c1-10(11(2)19-3)6-13(18)17-8-12-7-14(20-4)15(21-5)9-16(12)22-17/h7-10H,2,6H2,1,3-5H3/t10-/m0/s1. The first-order chi connectivity index (χ1) is 10.5. The second-order valence-electron chi connectivity index (χ2n) is 5.05. The molecule has 0 unspecified atom stereocenters. The van der Waals surface area contributed by atoms with Gasteiger partial charge in [-0.1, -0.05) is 13.5 Å². The average Bonchev–Trinajstić information content (AvgIpc) is 2.95. The van der Waals surface area contributed by atoms with Crippen LogP contribution < -0.4 is 9.47 Å². The quantitative estimate of drug-likeness (QED) is 0.564. The third-order valence-corrected chi connectivity index (χ3v) is 4.74. The minimum absolute atomic E-state index is 0.00761. The van der Waals surface area contributed by atoms with Gasteiger partial charge in [-0.05, 0) is 17.5 Å². The summed E-state index contributed by atoms with van der Waals surface area (Å²) < 4.78 is 16.7. The lowest BCUT2D eigenvalue weighted by molar-refractivity contribution is 0.0961. The molecule has 2 aromatic rings. The molecule has 0 radical (unpaired) electrons. The maximum Gasteiger partial charge on any atom is 0.173 e. The second-order valence-corrected chi connectivity index (χ2v) is 6.14. The summed E-state index contributed by atoms with van der Waals surface area (Å²) in [6.45, 7) is 5.74. The summed E-state index contributed by atoms with van der Waals surface area (Å²) >= 11 is 1.46. The molecule has 0 aliphatic carbocycles. The summed E-state index contributed by atoms with van der Waals surface area (Å²) in [7, 11) is 4.77. The first-order valence-corrected chi connectivity index (χ1v) is 7.73. The molecule has 0 saturated heterocycles. The van der Waals surface area contributed by atoms with E-state index < -0.39 is 0 Å². The smallest absolute Gasteiger partial charge is 0.173 e. The Balaban J connectivity index is 2.29. The normalized spacial score (nSPS) is 12.0. The van der Waals surface area contributed by atoms with Crippen molar-refractivity contribution in [3.63, 3.8) is 0 Å². The number of thiophene rings is 1. The number of methoxy groups -OCH3 is 3. The van der Waals surface area contributed by atoms with E-state index in [9.17, 15) is 4.79 Å². The third-order valence-electron chi connectivity index (χ3n) is 3.60. The summed E-state index contributed by atoms with van der Waals surface area (Å²) in [4.78, 5) is 13.1. The Morgan fingerprint density at radius 1 is 1.18 bits per heavy atom. The number of hydrogen-bond acceptors (Lipinski definition) is 5. The number of allylic oxidation sites excluding steroid dienone is 1. The number of benzene rings is 1. The molecule has 22 heavy (non-hydrogen) atoms. The van der Waals surface area contributed by atoms with Crippen molar-refractivity contribution in [1.29, 1.82) is 0 Å². The van der Waals surface area contributed by atoms with Gasteiger partial charge in [-0.25, -0.2) is 0 Å². The SMILES string of the molecule is C=C(OC)[C@@H](C)CC(=O)c1cc2cc(OC)c(OC)cc2s1. The van der Waals surface area contributed by atoms with E-state index in [-0.39, 0.29) is 11.7 Å². The Bertz CT molecular complexity index is 661. The lowest BCUT2D eigenvalue weighted by Crippen LogP contribution is -2.07. The number of fused-ring (bicyclic) bond motifs is 1. The van der Waals surface area contributed by atoms with Crippen molar-refractivity contribution in [2.75, 3.05) is 21.3 Å². The van der Waals surface area contributed by atoms with E-state index in [1.165, 1.54) is 11.3 Å². The second kappa shape index (κ2) is 6.83. The highest BCUT2D eigenvalue weighted by Crippen LogP contribution is 2.37. The van der Waals surface area contributed by atoms with Crippen LogP contribution in [0.4, 0.5) is 0 Å². The predicted octanol–water partition coefficient (Wildman–Crippen LogP) is 4.29. The predicted molar refractivity (Wildman–Crippen MR) is 89.2 cm³/mol. The van der Waals surface area contributed by atoms with Gasteiger partial charge in [-0.15, -0.1) is 11.3 Å². The summed E-state index contributed by atoms with van der Waals surface area (Å²) in [5, 5.41) is 0.976. The Kier molecular flexibility index (Phi) is 5.08. The van der Waals surface area contributed by atoms with Crippen molar-refractivity contribution in [2.24, 2.45) is 5.92 Å². The number of hydrogen-bond donors (Lipinski definition) is 0. The largest absolute Gasteiger partial charge is 0.501 e. The van der Waals surface area contributed by atoms with E-state index in [0.717, 1.165) is 15.0 Å². The maximum absolute atomic E-state index is 12.4. The number of carbonyl (C=O) groups is 1. The number of Topliss-reactive ketones (excluding diaryl/α,β-unsaturated/α-hetero) is 1. The van der Waals surface area contributed by atoms with E-state index in [0.29, 0.717) is 23.7 Å². The number of rotatable bonds is 7. The molecule has 0 amide bonds. The van der Waals surface area contributed by atoms with Crippen molar-refractivity contribution in [1.82, 2.24) is 0 Å². The van der Waals surface area contributed by atoms with Gasteiger partial charge in [0.05, 0.1) is 32.0 Å². The molecule has 0 bridgehead atoms. The summed E-state index contributed by atoms with van der Waals surface area (Å²) in [6, 6.07) is 5.68. The molecule has 0 spiro atoms. The molecule has 2 rings (SSSR count). The van der Waals surface area contributed by atoms with E-state index in [1.807, 2.05) is 25.1 Å². The highest BCUT2D eigenvalue weighted by atomic mass is 32.1. The Hall–Kier alpha value is -2.01. The minimum atomic E-state index is -0.00761. The fourth-order valence-corrected chi connectivity index (χ4v) is 3.22. The van der Waals surface area contributed by atoms with E-state index >= 15 is 0 Å². The molecule has 1 atom stereocenters. The molecule has 4 nitrogen and oxygen atoms in total. The summed E-state index contributed by atoms with van der Waals surface area (Å²) in [5.74, 6) is 2.03. The first kappa shape index (κ1) is 16.4. The van der Waals surface area contributed by atoms with E-state index in [4.69, 9.17) is 14.2 Å². The Morgan fingerprint density at radius 3 is 2.41 bits per heavy atom. The maximum atomic E-state index is 12.4. The molecule has 0 fully saturated rings. The molecule has 5 heteroatoms. The van der Waals surface area contributed by atoms with Crippen molar-refractivity contribution in [2.45, 2.75) is 13.3 Å². The van der Waals surface area contributed by atoms with E-state index in [1.54, 1.807) is 21.3 Å². The molecule has 1 aromatic carbocycles. The highest BCUT2D eigenvalue weighted by molar-refractivity contribution is 7.20. The van der Waals surface area contributed by atoms with Gasteiger partial charge in [-0.3, -0.25) is 4.79 Å². The molecule has 0 saturated carbocycles. The van der Waals surface area contributed by atoms with E-state index in [2.05, 4.69) is 6.58 Å². The van der Waals surface area contributed by atoms with Crippen molar-refractivity contribution < 1.29 is 19.0 Å². The fraction of sp³-hybridized carbons (Fsp3) is 0.353. The van der Waals surface area contributed by atoms with Crippen molar-refractivity contribution in [3.8, 4) is 11.5 Å². The molecule has 1 heterocycles.